The van der Waals surface area contributed by atoms with E-state index in [0.29, 0.717) is 19.7 Å². The van der Waals surface area contributed by atoms with Crippen LogP contribution in [0.15, 0.2) is 53.7 Å². The van der Waals surface area contributed by atoms with Crippen LogP contribution in [0, 0.1) is 0 Å². The zero-order valence-electron chi connectivity index (χ0n) is 22.5. The van der Waals surface area contributed by atoms with E-state index in [2.05, 4.69) is 68.6 Å². The van der Waals surface area contributed by atoms with Crippen molar-refractivity contribution >= 4 is 31.7 Å². The minimum absolute atomic E-state index is 0.0496. The van der Waals surface area contributed by atoms with Crippen LogP contribution in [0.4, 0.5) is 10.5 Å². The molecule has 0 bridgehead atoms. The third-order valence-electron chi connectivity index (χ3n) is 7.35. The van der Waals surface area contributed by atoms with Crippen molar-refractivity contribution in [2.45, 2.75) is 64.5 Å². The summed E-state index contributed by atoms with van der Waals surface area (Å²) in [7, 11) is -1.82. The molecule has 2 aromatic carbocycles. The third-order valence-corrected chi connectivity index (χ3v) is 11.9. The number of nitrogens with one attached hydrogen (secondary N) is 1. The van der Waals surface area contributed by atoms with Gasteiger partial charge in [0.15, 0.2) is 14.4 Å². The summed E-state index contributed by atoms with van der Waals surface area (Å²) in [6.07, 6.45) is -0.0758. The molecule has 4 rings (SSSR count). The molecule has 2 atom stereocenters. The maximum Gasteiger partial charge on any atom is 0.414 e. The first-order valence-corrected chi connectivity index (χ1v) is 15.6. The highest BCUT2D eigenvalue weighted by Gasteiger charge is 2.38. The minimum Gasteiger partial charge on any atom is -0.442 e. The fourth-order valence-electron chi connectivity index (χ4n) is 3.99. The van der Waals surface area contributed by atoms with E-state index in [0.717, 1.165) is 34.5 Å². The molecule has 1 saturated heterocycles. The molecule has 2 amide bonds. The third kappa shape index (κ3) is 6.40. The zero-order valence-corrected chi connectivity index (χ0v) is 23.5. The van der Waals surface area contributed by atoms with Crippen molar-refractivity contribution in [1.82, 2.24) is 5.32 Å². The molecule has 2 aliphatic rings. The van der Waals surface area contributed by atoms with Gasteiger partial charge >= 0.3 is 6.09 Å². The summed E-state index contributed by atoms with van der Waals surface area (Å²) in [5.41, 5.74) is 4.86. The lowest BCUT2D eigenvalue weighted by Gasteiger charge is -2.36. The fraction of sp³-hybridized carbons (Fsp3) is 0.464. The van der Waals surface area contributed by atoms with Crippen molar-refractivity contribution in [1.29, 1.82) is 0 Å². The zero-order chi connectivity index (χ0) is 26.8. The van der Waals surface area contributed by atoms with Crippen LogP contribution in [-0.4, -0.2) is 57.9 Å². The number of hydrogen-bond acceptors (Lipinski definition) is 6. The van der Waals surface area contributed by atoms with Gasteiger partial charge in [-0.25, -0.2) is 4.79 Å². The van der Waals surface area contributed by atoms with Gasteiger partial charge in [0.2, 0.25) is 5.91 Å². The van der Waals surface area contributed by atoms with E-state index in [1.54, 1.807) is 4.90 Å². The van der Waals surface area contributed by atoms with Crippen molar-refractivity contribution in [3.8, 4) is 11.1 Å². The number of ether oxygens (including phenoxy) is 1. The maximum atomic E-state index is 12.3. The van der Waals surface area contributed by atoms with Crippen molar-refractivity contribution in [2.24, 2.45) is 5.16 Å². The Kier molecular flexibility index (Phi) is 7.75. The summed E-state index contributed by atoms with van der Waals surface area (Å²) < 4.78 is 11.7. The molecule has 37 heavy (non-hydrogen) atoms. The summed E-state index contributed by atoms with van der Waals surface area (Å²) in [5.74, 6) is -0.145. The van der Waals surface area contributed by atoms with Gasteiger partial charge in [0.05, 0.1) is 25.4 Å². The Morgan fingerprint density at radius 3 is 2.24 bits per heavy atom. The van der Waals surface area contributed by atoms with E-state index < -0.39 is 14.4 Å². The predicted molar refractivity (Wildman–Crippen MR) is 147 cm³/mol. The Morgan fingerprint density at radius 2 is 1.65 bits per heavy atom. The van der Waals surface area contributed by atoms with Crippen LogP contribution < -0.4 is 10.2 Å². The minimum atomic E-state index is -1.82. The first kappa shape index (κ1) is 26.9. The Balaban J connectivity index is 1.33. The van der Waals surface area contributed by atoms with Gasteiger partial charge < -0.3 is 19.3 Å². The van der Waals surface area contributed by atoms with Crippen molar-refractivity contribution in [2.75, 3.05) is 24.6 Å². The highest BCUT2D eigenvalue weighted by atomic mass is 28.4. The quantitative estimate of drug-likeness (QED) is 0.473. The van der Waals surface area contributed by atoms with Crippen molar-refractivity contribution in [3.63, 3.8) is 0 Å². The summed E-state index contributed by atoms with van der Waals surface area (Å²) in [5, 5.41) is 7.18. The Hall–Kier alpha value is -3.17. The van der Waals surface area contributed by atoms with Gasteiger partial charge in [-0.05, 0) is 47.0 Å². The molecule has 0 spiro atoms. The topological polar surface area (TPSA) is 89.5 Å². The molecule has 0 saturated carbocycles. The molecule has 2 heterocycles. The number of nitrogens with zero attached hydrogens (tertiary/aromatic N) is 2. The molecular weight excluding hydrogens is 486 g/mol. The molecule has 2 aliphatic heterocycles. The monoisotopic (exact) mass is 523 g/mol. The lowest BCUT2D eigenvalue weighted by molar-refractivity contribution is -0.119. The molecular formula is C28H37N3O5Si. The van der Waals surface area contributed by atoms with Gasteiger partial charge in [0, 0.05) is 19.0 Å². The highest BCUT2D eigenvalue weighted by Crippen LogP contribution is 2.37. The van der Waals surface area contributed by atoms with E-state index in [9.17, 15) is 9.59 Å². The van der Waals surface area contributed by atoms with Gasteiger partial charge in [-0.3, -0.25) is 9.69 Å². The Labute approximate surface area is 220 Å². The van der Waals surface area contributed by atoms with Gasteiger partial charge in [-0.15, -0.1) is 0 Å². The molecule has 0 radical (unpaired) electrons. The van der Waals surface area contributed by atoms with Gasteiger partial charge in [0.1, 0.15) is 6.10 Å². The number of carbonyl (C=O) groups is 2. The Bertz CT molecular complexity index is 1160. The molecule has 2 aromatic rings. The summed E-state index contributed by atoms with van der Waals surface area (Å²) in [6.45, 7) is 13.9. The summed E-state index contributed by atoms with van der Waals surface area (Å²) in [6, 6.07) is 16.1. The number of oxime groups is 1. The van der Waals surface area contributed by atoms with E-state index in [1.807, 2.05) is 24.3 Å². The second-order valence-electron chi connectivity index (χ2n) is 11.2. The number of benzene rings is 2. The lowest BCUT2D eigenvalue weighted by atomic mass is 10.00. The molecule has 9 heteroatoms. The molecule has 0 aromatic heterocycles. The normalized spacial score (nSPS) is 19.9. The molecule has 8 nitrogen and oxygen atoms in total. The number of hydrogen-bond donors (Lipinski definition) is 1. The van der Waals surface area contributed by atoms with E-state index >= 15 is 0 Å². The van der Waals surface area contributed by atoms with Crippen LogP contribution in [-0.2, 0) is 18.8 Å². The molecule has 1 N–H and O–H groups in total. The van der Waals surface area contributed by atoms with Crippen LogP contribution in [0.3, 0.4) is 0 Å². The van der Waals surface area contributed by atoms with Gasteiger partial charge in [0.25, 0.3) is 0 Å². The van der Waals surface area contributed by atoms with Gasteiger partial charge in [-0.2, -0.15) is 0 Å². The second-order valence-corrected chi connectivity index (χ2v) is 16.0. The van der Waals surface area contributed by atoms with E-state index in [-0.39, 0.29) is 23.2 Å². The lowest BCUT2D eigenvalue weighted by Crippen LogP contribution is -2.42. The van der Waals surface area contributed by atoms with Crippen LogP contribution >= 0.6 is 0 Å². The molecule has 0 unspecified atom stereocenters. The maximum absolute atomic E-state index is 12.3. The summed E-state index contributed by atoms with van der Waals surface area (Å²) in [4.78, 5) is 30.6. The number of amides is 2. The predicted octanol–water partition coefficient (Wildman–Crippen LogP) is 5.33. The first-order chi connectivity index (χ1) is 17.4. The first-order valence-electron chi connectivity index (χ1n) is 12.7. The SMILES string of the molecule is CC(=O)NC[C@H]1CN(c2ccc(-c3ccc(C4=NO[C@@H](CO[Si](C)(C)C(C)(C)C)C4)cc3)cc2)C(=O)O1. The largest absolute Gasteiger partial charge is 0.442 e. The van der Waals surface area contributed by atoms with Crippen LogP contribution in [0.5, 0.6) is 0 Å². The van der Waals surface area contributed by atoms with Crippen molar-refractivity contribution in [3.05, 3.63) is 54.1 Å². The molecule has 1 fully saturated rings. The highest BCUT2D eigenvalue weighted by molar-refractivity contribution is 6.74. The second kappa shape index (κ2) is 10.7. The van der Waals surface area contributed by atoms with Gasteiger partial charge in [-0.1, -0.05) is 62.3 Å². The standard InChI is InChI=1S/C28H37N3O5Si/c1-19(32)29-16-25-17-31(27(33)35-25)23-13-11-21(12-14-23)20-7-9-22(10-8-20)26-15-24(36-30-26)18-34-37(5,6)28(2,3)4/h7-14,24-25H,15-18H2,1-6H3,(H,29,32)/t24-,25+/m1/s1. The smallest absolute Gasteiger partial charge is 0.414 e. The molecule has 0 aliphatic carbocycles. The average molecular weight is 524 g/mol. The number of rotatable bonds is 8. The van der Waals surface area contributed by atoms with Crippen LogP contribution in [0.25, 0.3) is 11.1 Å². The van der Waals surface area contributed by atoms with Crippen molar-refractivity contribution < 1.29 is 23.6 Å². The van der Waals surface area contributed by atoms with E-state index in [1.165, 1.54) is 6.92 Å². The van der Waals surface area contributed by atoms with Crippen LogP contribution in [0.1, 0.15) is 39.7 Å². The average Bonchev–Trinajstić information content (AvgIpc) is 3.48. The van der Waals surface area contributed by atoms with E-state index in [4.69, 9.17) is 14.0 Å². The Morgan fingerprint density at radius 1 is 1.05 bits per heavy atom. The van der Waals surface area contributed by atoms with Crippen LogP contribution in [0.2, 0.25) is 18.1 Å². The number of carbonyl (C=O) groups excluding carboxylic acids is 2. The fourth-order valence-corrected chi connectivity index (χ4v) is 5.03. The number of anilines is 1. The molecule has 198 valence electrons. The number of cyclic esters (lactones) is 1. The summed E-state index contributed by atoms with van der Waals surface area (Å²) >= 11 is 0.